The van der Waals surface area contributed by atoms with Crippen LogP contribution in [0.3, 0.4) is 0 Å². The highest BCUT2D eigenvalue weighted by molar-refractivity contribution is 7.91. The summed E-state index contributed by atoms with van der Waals surface area (Å²) in [4.78, 5) is 19.8. The molecule has 9 heteroatoms. The normalized spacial score (nSPS) is 18.8. The maximum Gasteiger partial charge on any atom is 0.254 e. The van der Waals surface area contributed by atoms with Crippen molar-refractivity contribution in [2.24, 2.45) is 0 Å². The molecule has 2 aromatic carbocycles. The summed E-state index contributed by atoms with van der Waals surface area (Å²) in [6.45, 7) is 1.19. The number of likely N-dealkylation sites (N-methyl/N-ethyl adjacent to an activating group) is 1. The molecule has 3 N–H and O–H groups in total. The lowest BCUT2D eigenvalue weighted by Crippen LogP contribution is -2.32. The number of ether oxygens (including phenoxy) is 2. The first-order valence-corrected chi connectivity index (χ1v) is 11.8. The van der Waals surface area contributed by atoms with Gasteiger partial charge in [-0.1, -0.05) is 6.07 Å². The average Bonchev–Trinajstić information content (AvgIpc) is 3.39. The van der Waals surface area contributed by atoms with E-state index in [4.69, 9.17) is 20.0 Å². The number of rotatable bonds is 3. The molecular formula is C22H22N4O4S. The fourth-order valence-electron chi connectivity index (χ4n) is 4.19. The van der Waals surface area contributed by atoms with Crippen LogP contribution in [0.25, 0.3) is 10.9 Å². The SMILES string of the molecule is CN(C(=O)c1ccc2nc(N)c3c(c2c1)COC3)[C@@H]1COc2cc(S(C)(=N)=O)ccc21. The number of aromatic nitrogens is 1. The highest BCUT2D eigenvalue weighted by Crippen LogP contribution is 2.38. The predicted octanol–water partition coefficient (Wildman–Crippen LogP) is 3.09. The number of nitrogens with one attached hydrogen (secondary N) is 1. The van der Waals surface area contributed by atoms with Crippen LogP contribution in [0.1, 0.15) is 33.1 Å². The van der Waals surface area contributed by atoms with Crippen LogP contribution in [0.5, 0.6) is 5.75 Å². The van der Waals surface area contributed by atoms with Gasteiger partial charge in [0.2, 0.25) is 0 Å². The van der Waals surface area contributed by atoms with E-state index in [0.717, 1.165) is 27.6 Å². The van der Waals surface area contributed by atoms with Crippen LogP contribution in [0.4, 0.5) is 5.82 Å². The van der Waals surface area contributed by atoms with E-state index in [1.807, 2.05) is 12.1 Å². The molecule has 2 aliphatic rings. The second kappa shape index (κ2) is 6.93. The molecule has 0 spiro atoms. The third-order valence-electron chi connectivity index (χ3n) is 5.95. The third kappa shape index (κ3) is 3.21. The minimum absolute atomic E-state index is 0.142. The minimum Gasteiger partial charge on any atom is -0.491 e. The lowest BCUT2D eigenvalue weighted by molar-refractivity contribution is 0.0708. The van der Waals surface area contributed by atoms with Crippen LogP contribution in [0.15, 0.2) is 41.3 Å². The van der Waals surface area contributed by atoms with Gasteiger partial charge in [0.25, 0.3) is 5.91 Å². The van der Waals surface area contributed by atoms with Crippen molar-refractivity contribution in [3.8, 4) is 5.75 Å². The predicted molar refractivity (Wildman–Crippen MR) is 116 cm³/mol. The lowest BCUT2D eigenvalue weighted by Gasteiger charge is -2.24. The number of benzene rings is 2. The molecule has 2 aliphatic heterocycles. The highest BCUT2D eigenvalue weighted by atomic mass is 32.2. The molecule has 0 saturated heterocycles. The van der Waals surface area contributed by atoms with E-state index >= 15 is 0 Å². The molecular weight excluding hydrogens is 416 g/mol. The summed E-state index contributed by atoms with van der Waals surface area (Å²) < 4.78 is 31.1. The molecule has 0 fully saturated rings. The van der Waals surface area contributed by atoms with Crippen molar-refractivity contribution in [3.05, 3.63) is 58.7 Å². The highest BCUT2D eigenvalue weighted by Gasteiger charge is 2.32. The second-order valence-electron chi connectivity index (χ2n) is 7.97. The Bertz CT molecular complexity index is 1350. The standard InChI is InChI=1S/C22H22N4O4S/c1-26(19-11-30-20-8-13(31(2,24)28)4-5-14(19)20)22(27)12-3-6-18-15(7-12)16-9-29-10-17(16)21(23)25-18/h3-8,19,24H,9-11H2,1-2H3,(H2,23,25)/t19-,31?/m1/s1. The monoisotopic (exact) mass is 438 g/mol. The fraction of sp³-hybridized carbons (Fsp3) is 0.273. The maximum absolute atomic E-state index is 13.3. The molecule has 31 heavy (non-hydrogen) atoms. The van der Waals surface area contributed by atoms with Crippen molar-refractivity contribution in [1.29, 1.82) is 4.78 Å². The number of hydrogen-bond acceptors (Lipinski definition) is 7. The van der Waals surface area contributed by atoms with Gasteiger partial charge < -0.3 is 20.1 Å². The van der Waals surface area contributed by atoms with Gasteiger partial charge in [-0.25, -0.2) is 14.0 Å². The van der Waals surface area contributed by atoms with Crippen LogP contribution in [0.2, 0.25) is 0 Å². The van der Waals surface area contributed by atoms with Gasteiger partial charge in [0.15, 0.2) is 0 Å². The number of hydrogen-bond donors (Lipinski definition) is 2. The zero-order valence-electron chi connectivity index (χ0n) is 17.2. The first-order valence-electron chi connectivity index (χ1n) is 9.80. The van der Waals surface area contributed by atoms with E-state index in [9.17, 15) is 9.00 Å². The Hall–Kier alpha value is -3.17. The van der Waals surface area contributed by atoms with E-state index in [2.05, 4.69) is 4.98 Å². The number of carbonyl (C=O) groups excluding carboxylic acids is 1. The van der Waals surface area contributed by atoms with Gasteiger partial charge in [-0.3, -0.25) is 4.79 Å². The zero-order valence-corrected chi connectivity index (χ0v) is 18.0. The lowest BCUT2D eigenvalue weighted by atomic mass is 10.0. The zero-order chi connectivity index (χ0) is 21.9. The number of anilines is 1. The Morgan fingerprint density at radius 1 is 1.23 bits per heavy atom. The Labute approximate surface area is 179 Å². The largest absolute Gasteiger partial charge is 0.491 e. The number of carbonyl (C=O) groups is 1. The van der Waals surface area contributed by atoms with Crippen LogP contribution in [0, 0.1) is 4.78 Å². The van der Waals surface area contributed by atoms with Gasteiger partial charge in [0.05, 0.1) is 39.4 Å². The quantitative estimate of drug-likeness (QED) is 0.649. The number of nitrogens with zero attached hydrogens (tertiary/aromatic N) is 2. The van der Waals surface area contributed by atoms with Gasteiger partial charge in [-0.2, -0.15) is 0 Å². The molecule has 0 bridgehead atoms. The molecule has 2 atom stereocenters. The Morgan fingerprint density at radius 2 is 2.00 bits per heavy atom. The number of pyridine rings is 1. The minimum atomic E-state index is -2.84. The molecule has 0 radical (unpaired) electrons. The Kier molecular flexibility index (Phi) is 4.42. The van der Waals surface area contributed by atoms with E-state index in [0.29, 0.717) is 41.8 Å². The van der Waals surface area contributed by atoms with Crippen LogP contribution in [-0.4, -0.2) is 39.9 Å². The summed E-state index contributed by atoms with van der Waals surface area (Å²) in [5, 5.41) is 0.877. The van der Waals surface area contributed by atoms with Crippen LogP contribution in [-0.2, 0) is 27.7 Å². The van der Waals surface area contributed by atoms with E-state index in [1.54, 1.807) is 36.2 Å². The summed E-state index contributed by atoms with van der Waals surface area (Å²) >= 11 is 0. The summed E-state index contributed by atoms with van der Waals surface area (Å²) in [6, 6.07) is 10.2. The summed E-state index contributed by atoms with van der Waals surface area (Å²) in [7, 11) is -1.09. The van der Waals surface area contributed by atoms with Crippen molar-refractivity contribution in [2.75, 3.05) is 25.6 Å². The molecule has 1 aromatic heterocycles. The number of nitrogen functional groups attached to an aromatic ring is 1. The number of nitrogens with two attached hydrogens (primary N) is 1. The average molecular weight is 439 g/mol. The van der Waals surface area contributed by atoms with Crippen LogP contribution >= 0.6 is 0 Å². The van der Waals surface area contributed by atoms with Crippen LogP contribution < -0.4 is 10.5 Å². The van der Waals surface area contributed by atoms with Crippen molar-refractivity contribution in [2.45, 2.75) is 24.2 Å². The molecule has 1 unspecified atom stereocenters. The van der Waals surface area contributed by atoms with Gasteiger partial charge in [0.1, 0.15) is 18.2 Å². The summed E-state index contributed by atoms with van der Waals surface area (Å²) in [5.74, 6) is 0.896. The van der Waals surface area contributed by atoms with Gasteiger partial charge >= 0.3 is 0 Å². The molecule has 8 nitrogen and oxygen atoms in total. The molecule has 5 rings (SSSR count). The van der Waals surface area contributed by atoms with Crippen molar-refractivity contribution in [1.82, 2.24) is 9.88 Å². The van der Waals surface area contributed by atoms with E-state index in [-0.39, 0.29) is 11.9 Å². The molecule has 160 valence electrons. The second-order valence-corrected chi connectivity index (χ2v) is 10.1. The Morgan fingerprint density at radius 3 is 2.77 bits per heavy atom. The third-order valence-corrected chi connectivity index (χ3v) is 7.11. The smallest absolute Gasteiger partial charge is 0.254 e. The molecule has 3 heterocycles. The van der Waals surface area contributed by atoms with E-state index < -0.39 is 9.73 Å². The molecule has 1 amide bonds. The van der Waals surface area contributed by atoms with Gasteiger partial charge in [0, 0.05) is 35.4 Å². The maximum atomic E-state index is 13.3. The topological polar surface area (TPSA) is 119 Å². The molecule has 0 aliphatic carbocycles. The summed E-state index contributed by atoms with van der Waals surface area (Å²) in [5.41, 5.74) is 10.0. The molecule has 3 aromatic rings. The van der Waals surface area contributed by atoms with Crippen molar-refractivity contribution in [3.63, 3.8) is 0 Å². The van der Waals surface area contributed by atoms with Gasteiger partial charge in [-0.15, -0.1) is 0 Å². The van der Waals surface area contributed by atoms with E-state index in [1.165, 1.54) is 6.26 Å². The summed E-state index contributed by atoms with van der Waals surface area (Å²) in [6.07, 6.45) is 1.38. The number of fused-ring (bicyclic) bond motifs is 4. The Balaban J connectivity index is 1.48. The fourth-order valence-corrected chi connectivity index (χ4v) is 4.84. The van der Waals surface area contributed by atoms with Gasteiger partial charge in [-0.05, 0) is 35.9 Å². The first-order chi connectivity index (χ1) is 14.7. The molecule has 0 saturated carbocycles. The van der Waals surface area contributed by atoms with Crippen molar-refractivity contribution >= 4 is 32.4 Å². The first kappa shape index (κ1) is 19.8. The van der Waals surface area contributed by atoms with Crippen molar-refractivity contribution < 1.29 is 18.5 Å². The number of amides is 1.